The average Bonchev–Trinajstić information content (AvgIpc) is 2.96. The molecule has 0 saturated carbocycles. The van der Waals surface area contributed by atoms with Crippen molar-refractivity contribution in [2.45, 2.75) is 26.2 Å². The molecule has 3 aromatic rings. The predicted octanol–water partition coefficient (Wildman–Crippen LogP) is 2.96. The number of nitrogens with zero attached hydrogens (tertiary/aromatic N) is 4. The standard InChI is InChI=1S/C13H13IN4O/c1-8-16-12(19-17-8)13(2,3)9-4-5-11-10(14)6-15-18(11)7-9/h4-7H,1-3H3. The van der Waals surface area contributed by atoms with Gasteiger partial charge in [0.15, 0.2) is 5.82 Å². The molecule has 3 rings (SSSR count). The lowest BCUT2D eigenvalue weighted by atomic mass is 9.85. The summed E-state index contributed by atoms with van der Waals surface area (Å²) in [5.74, 6) is 1.27. The first-order valence-electron chi connectivity index (χ1n) is 5.92. The molecule has 5 nitrogen and oxygen atoms in total. The average molecular weight is 368 g/mol. The SMILES string of the molecule is Cc1noc(C(C)(C)c2ccc3c(I)cnn3c2)n1. The Bertz CT molecular complexity index is 744. The highest BCUT2D eigenvalue weighted by molar-refractivity contribution is 14.1. The number of halogens is 1. The number of hydrogen-bond acceptors (Lipinski definition) is 4. The number of aryl methyl sites for hydroxylation is 1. The molecule has 0 radical (unpaired) electrons. The summed E-state index contributed by atoms with van der Waals surface area (Å²) in [6.45, 7) is 5.95. The van der Waals surface area contributed by atoms with Crippen molar-refractivity contribution in [3.8, 4) is 0 Å². The third kappa shape index (κ3) is 2.03. The first kappa shape index (κ1) is 12.6. The van der Waals surface area contributed by atoms with Crippen LogP contribution in [0.15, 0.2) is 29.0 Å². The van der Waals surface area contributed by atoms with Gasteiger partial charge in [-0.1, -0.05) is 11.2 Å². The number of rotatable bonds is 2. The minimum absolute atomic E-state index is 0.340. The van der Waals surface area contributed by atoms with E-state index in [1.165, 1.54) is 0 Å². The molecule has 0 bridgehead atoms. The van der Waals surface area contributed by atoms with E-state index < -0.39 is 0 Å². The maximum Gasteiger partial charge on any atom is 0.236 e. The zero-order chi connectivity index (χ0) is 13.6. The molecule has 0 aliphatic carbocycles. The van der Waals surface area contributed by atoms with Gasteiger partial charge in [-0.25, -0.2) is 4.52 Å². The summed E-state index contributed by atoms with van der Waals surface area (Å²) in [4.78, 5) is 4.34. The van der Waals surface area contributed by atoms with Crippen LogP contribution in [0.4, 0.5) is 0 Å². The molecule has 0 amide bonds. The number of aromatic nitrogens is 4. The van der Waals surface area contributed by atoms with Crippen LogP contribution < -0.4 is 0 Å². The second-order valence-electron chi connectivity index (χ2n) is 5.01. The van der Waals surface area contributed by atoms with Gasteiger partial charge in [0.05, 0.1) is 20.7 Å². The smallest absolute Gasteiger partial charge is 0.236 e. The van der Waals surface area contributed by atoms with Gasteiger partial charge in [0.1, 0.15) is 0 Å². The van der Waals surface area contributed by atoms with Crippen LogP contribution >= 0.6 is 22.6 Å². The van der Waals surface area contributed by atoms with Gasteiger partial charge >= 0.3 is 0 Å². The molecule has 0 atom stereocenters. The summed E-state index contributed by atoms with van der Waals surface area (Å²) in [5.41, 5.74) is 1.84. The van der Waals surface area contributed by atoms with E-state index in [4.69, 9.17) is 4.52 Å². The Hall–Kier alpha value is -1.44. The zero-order valence-corrected chi connectivity index (χ0v) is 13.0. The number of hydrogen-bond donors (Lipinski definition) is 0. The lowest BCUT2D eigenvalue weighted by Gasteiger charge is -2.20. The van der Waals surface area contributed by atoms with Crippen molar-refractivity contribution in [3.05, 3.63) is 45.4 Å². The van der Waals surface area contributed by atoms with Crippen molar-refractivity contribution in [2.24, 2.45) is 0 Å². The summed E-state index contributed by atoms with van der Waals surface area (Å²) in [6.07, 6.45) is 3.86. The molecule has 19 heavy (non-hydrogen) atoms. The van der Waals surface area contributed by atoms with Crippen LogP contribution in [0.5, 0.6) is 0 Å². The normalized spacial score (nSPS) is 12.2. The summed E-state index contributed by atoms with van der Waals surface area (Å²) in [7, 11) is 0. The number of pyridine rings is 1. The van der Waals surface area contributed by atoms with Gasteiger partial charge in [-0.15, -0.1) is 0 Å². The van der Waals surface area contributed by atoms with E-state index in [-0.39, 0.29) is 5.41 Å². The molecule has 3 heterocycles. The quantitative estimate of drug-likeness (QED) is 0.653. The van der Waals surface area contributed by atoms with Gasteiger partial charge < -0.3 is 4.52 Å². The molecular formula is C13H13IN4O. The van der Waals surface area contributed by atoms with Gasteiger partial charge in [-0.05, 0) is 55.0 Å². The fraction of sp³-hybridized carbons (Fsp3) is 0.308. The van der Waals surface area contributed by atoms with Gasteiger partial charge in [-0.3, -0.25) is 0 Å². The molecule has 0 fully saturated rings. The topological polar surface area (TPSA) is 56.2 Å². The third-order valence-corrected chi connectivity index (χ3v) is 4.08. The highest BCUT2D eigenvalue weighted by Gasteiger charge is 2.30. The van der Waals surface area contributed by atoms with E-state index in [9.17, 15) is 0 Å². The van der Waals surface area contributed by atoms with Gasteiger partial charge in [-0.2, -0.15) is 10.1 Å². The van der Waals surface area contributed by atoms with Crippen LogP contribution in [-0.2, 0) is 5.41 Å². The Morgan fingerprint density at radius 3 is 2.79 bits per heavy atom. The molecule has 0 saturated heterocycles. The van der Waals surface area contributed by atoms with Crippen molar-refractivity contribution >= 4 is 28.1 Å². The Morgan fingerprint density at radius 1 is 1.32 bits per heavy atom. The second kappa shape index (κ2) is 4.29. The largest absolute Gasteiger partial charge is 0.338 e. The lowest BCUT2D eigenvalue weighted by Crippen LogP contribution is -2.20. The van der Waals surface area contributed by atoms with Crippen molar-refractivity contribution in [1.29, 1.82) is 0 Å². The van der Waals surface area contributed by atoms with E-state index in [1.807, 2.05) is 23.8 Å². The van der Waals surface area contributed by atoms with Crippen LogP contribution in [0.25, 0.3) is 5.52 Å². The van der Waals surface area contributed by atoms with Crippen LogP contribution in [0.3, 0.4) is 0 Å². The molecule has 0 aromatic carbocycles. The van der Waals surface area contributed by atoms with Gasteiger partial charge in [0.2, 0.25) is 5.89 Å². The first-order chi connectivity index (χ1) is 8.98. The van der Waals surface area contributed by atoms with E-state index >= 15 is 0 Å². The molecule has 0 unspecified atom stereocenters. The molecule has 6 heteroatoms. The Morgan fingerprint density at radius 2 is 2.11 bits per heavy atom. The van der Waals surface area contributed by atoms with E-state index in [2.05, 4.69) is 63.8 Å². The fourth-order valence-electron chi connectivity index (χ4n) is 2.00. The number of fused-ring (bicyclic) bond motifs is 1. The Kier molecular flexibility index (Phi) is 2.84. The first-order valence-corrected chi connectivity index (χ1v) is 7.00. The molecule has 0 aliphatic rings. The molecule has 98 valence electrons. The molecule has 0 aliphatic heterocycles. The predicted molar refractivity (Wildman–Crippen MR) is 79.1 cm³/mol. The van der Waals surface area contributed by atoms with E-state index in [0.717, 1.165) is 14.7 Å². The highest BCUT2D eigenvalue weighted by Crippen LogP contribution is 2.30. The molecular weight excluding hydrogens is 355 g/mol. The zero-order valence-electron chi connectivity index (χ0n) is 10.9. The van der Waals surface area contributed by atoms with Gasteiger partial charge in [0, 0.05) is 6.20 Å². The van der Waals surface area contributed by atoms with Gasteiger partial charge in [0.25, 0.3) is 0 Å². The maximum atomic E-state index is 5.31. The van der Waals surface area contributed by atoms with E-state index in [0.29, 0.717) is 11.7 Å². The monoisotopic (exact) mass is 368 g/mol. The summed E-state index contributed by atoms with van der Waals surface area (Å²) in [6, 6.07) is 4.15. The minimum atomic E-state index is -0.340. The van der Waals surface area contributed by atoms with Crippen molar-refractivity contribution in [3.63, 3.8) is 0 Å². The van der Waals surface area contributed by atoms with Crippen LogP contribution in [0, 0.1) is 10.5 Å². The lowest BCUT2D eigenvalue weighted by molar-refractivity contribution is 0.330. The van der Waals surface area contributed by atoms with Crippen molar-refractivity contribution < 1.29 is 4.52 Å². The van der Waals surface area contributed by atoms with Crippen LogP contribution in [0.1, 0.15) is 31.1 Å². The van der Waals surface area contributed by atoms with Crippen LogP contribution in [-0.4, -0.2) is 19.8 Å². The maximum absolute atomic E-state index is 5.31. The third-order valence-electron chi connectivity index (χ3n) is 3.25. The molecule has 3 aromatic heterocycles. The Balaban J connectivity index is 2.12. The fourth-order valence-corrected chi connectivity index (χ4v) is 2.55. The summed E-state index contributed by atoms with van der Waals surface area (Å²) in [5, 5.41) is 8.20. The van der Waals surface area contributed by atoms with Crippen molar-refractivity contribution in [1.82, 2.24) is 19.8 Å². The summed E-state index contributed by atoms with van der Waals surface area (Å²) < 4.78 is 8.32. The highest BCUT2D eigenvalue weighted by atomic mass is 127. The van der Waals surface area contributed by atoms with Crippen LogP contribution in [0.2, 0.25) is 0 Å². The summed E-state index contributed by atoms with van der Waals surface area (Å²) >= 11 is 2.28. The molecule has 0 N–H and O–H groups in total. The van der Waals surface area contributed by atoms with Crippen molar-refractivity contribution in [2.75, 3.05) is 0 Å². The Labute approximate surface area is 124 Å². The molecule has 0 spiro atoms. The second-order valence-corrected chi connectivity index (χ2v) is 6.17. The minimum Gasteiger partial charge on any atom is -0.338 e. The van der Waals surface area contributed by atoms with E-state index in [1.54, 1.807) is 0 Å².